The zero-order chi connectivity index (χ0) is 11.0. The Morgan fingerprint density at radius 2 is 2.14 bits per heavy atom. The smallest absolute Gasteiger partial charge is 0.326 e. The van der Waals surface area contributed by atoms with Crippen LogP contribution in [0.25, 0.3) is 0 Å². The fourth-order valence-electron chi connectivity index (χ4n) is 1.08. The Bertz CT molecular complexity index is 194. The highest BCUT2D eigenvalue weighted by atomic mass is 16.4. The fraction of sp³-hybridized carbons (Fsp3) is 0.778. The molecule has 0 saturated carbocycles. The normalized spacial score (nSPS) is 12.1. The number of hydrogen-bond acceptors (Lipinski definition) is 3. The van der Waals surface area contributed by atoms with Gasteiger partial charge in [0.25, 0.3) is 0 Å². The van der Waals surface area contributed by atoms with Gasteiger partial charge in [0.15, 0.2) is 0 Å². The second kappa shape index (κ2) is 7.32. The average Bonchev–Trinajstić information content (AvgIpc) is 2.14. The summed E-state index contributed by atoms with van der Waals surface area (Å²) in [6.45, 7) is 2.32. The monoisotopic (exact) mass is 202 g/mol. The summed E-state index contributed by atoms with van der Waals surface area (Å²) in [5, 5.41) is 11.2. The second-order valence-corrected chi connectivity index (χ2v) is 3.14. The molecule has 4 N–H and O–H groups in total. The molecular weight excluding hydrogens is 184 g/mol. The van der Waals surface area contributed by atoms with Crippen molar-refractivity contribution >= 4 is 11.9 Å². The van der Waals surface area contributed by atoms with Crippen LogP contribution in [0.1, 0.15) is 32.6 Å². The molecule has 0 radical (unpaired) electrons. The molecule has 1 atom stereocenters. The van der Waals surface area contributed by atoms with Crippen LogP contribution < -0.4 is 11.1 Å². The summed E-state index contributed by atoms with van der Waals surface area (Å²) in [5.41, 5.74) is 5.23. The van der Waals surface area contributed by atoms with Crippen LogP contribution in [0, 0.1) is 0 Å². The standard InChI is InChI=1S/C9H18N2O3/c1-2-4-7(9(13)14)11-8(12)5-3-6-10/h7H,2-6,10H2,1H3,(H,11,12)(H,13,14)/t7-/m1/s1. The third-order valence-corrected chi connectivity index (χ3v) is 1.82. The number of amides is 1. The third kappa shape index (κ3) is 5.53. The van der Waals surface area contributed by atoms with Crippen LogP contribution in [0.15, 0.2) is 0 Å². The van der Waals surface area contributed by atoms with E-state index in [1.807, 2.05) is 6.92 Å². The molecule has 0 aromatic heterocycles. The first-order valence-electron chi connectivity index (χ1n) is 4.84. The summed E-state index contributed by atoms with van der Waals surface area (Å²) in [6.07, 6.45) is 2.08. The van der Waals surface area contributed by atoms with E-state index < -0.39 is 12.0 Å². The molecule has 82 valence electrons. The number of rotatable bonds is 7. The summed E-state index contributed by atoms with van der Waals surface area (Å²) < 4.78 is 0. The van der Waals surface area contributed by atoms with Crippen molar-refractivity contribution in [3.8, 4) is 0 Å². The Hall–Kier alpha value is -1.10. The molecule has 0 aromatic rings. The minimum Gasteiger partial charge on any atom is -0.480 e. The van der Waals surface area contributed by atoms with E-state index in [2.05, 4.69) is 5.32 Å². The van der Waals surface area contributed by atoms with E-state index in [9.17, 15) is 9.59 Å². The molecule has 1 amide bonds. The molecule has 0 bridgehead atoms. The Morgan fingerprint density at radius 3 is 2.57 bits per heavy atom. The Kier molecular flexibility index (Phi) is 6.74. The molecule has 0 saturated heterocycles. The van der Waals surface area contributed by atoms with E-state index in [0.29, 0.717) is 25.8 Å². The number of carboxylic acid groups (broad SMARTS) is 1. The maximum atomic E-state index is 11.2. The number of aliphatic carboxylic acids is 1. The van der Waals surface area contributed by atoms with Gasteiger partial charge in [0.2, 0.25) is 5.91 Å². The molecule has 0 rings (SSSR count). The second-order valence-electron chi connectivity index (χ2n) is 3.14. The first kappa shape index (κ1) is 12.9. The van der Waals surface area contributed by atoms with Gasteiger partial charge in [-0.15, -0.1) is 0 Å². The van der Waals surface area contributed by atoms with Crippen molar-refractivity contribution < 1.29 is 14.7 Å². The largest absolute Gasteiger partial charge is 0.480 e. The van der Waals surface area contributed by atoms with Gasteiger partial charge in [-0.3, -0.25) is 4.79 Å². The maximum absolute atomic E-state index is 11.2. The van der Waals surface area contributed by atoms with Crippen LogP contribution in [-0.2, 0) is 9.59 Å². The number of nitrogens with one attached hydrogen (secondary N) is 1. The molecule has 14 heavy (non-hydrogen) atoms. The van der Waals surface area contributed by atoms with Crippen LogP contribution in [0.2, 0.25) is 0 Å². The highest BCUT2D eigenvalue weighted by molar-refractivity contribution is 5.83. The van der Waals surface area contributed by atoms with Crippen molar-refractivity contribution in [1.82, 2.24) is 5.32 Å². The van der Waals surface area contributed by atoms with Gasteiger partial charge in [-0.25, -0.2) is 4.79 Å². The number of carboxylic acids is 1. The number of nitrogens with two attached hydrogens (primary N) is 1. The molecule has 0 aliphatic rings. The topological polar surface area (TPSA) is 92.4 Å². The lowest BCUT2D eigenvalue weighted by molar-refractivity contribution is -0.142. The lowest BCUT2D eigenvalue weighted by atomic mass is 10.1. The minimum atomic E-state index is -0.979. The van der Waals surface area contributed by atoms with Crippen LogP contribution in [0.5, 0.6) is 0 Å². The zero-order valence-corrected chi connectivity index (χ0v) is 8.45. The minimum absolute atomic E-state index is 0.240. The summed E-state index contributed by atoms with van der Waals surface area (Å²) in [6, 6.07) is -0.759. The van der Waals surface area contributed by atoms with Crippen LogP contribution in [0.3, 0.4) is 0 Å². The SMILES string of the molecule is CCC[C@@H](NC(=O)CCCN)C(=O)O. The summed E-state index contributed by atoms with van der Waals surface area (Å²) in [5.74, 6) is -1.22. The molecule has 0 heterocycles. The predicted molar refractivity (Wildman–Crippen MR) is 52.8 cm³/mol. The highest BCUT2D eigenvalue weighted by Gasteiger charge is 2.17. The van der Waals surface area contributed by atoms with Gasteiger partial charge >= 0.3 is 5.97 Å². The Morgan fingerprint density at radius 1 is 1.50 bits per heavy atom. The third-order valence-electron chi connectivity index (χ3n) is 1.82. The van der Waals surface area contributed by atoms with E-state index in [1.165, 1.54) is 0 Å². The van der Waals surface area contributed by atoms with Crippen molar-refractivity contribution in [1.29, 1.82) is 0 Å². The van der Waals surface area contributed by atoms with Crippen molar-refractivity contribution in [2.75, 3.05) is 6.54 Å². The molecule has 0 unspecified atom stereocenters. The van der Waals surface area contributed by atoms with Crippen LogP contribution >= 0.6 is 0 Å². The van der Waals surface area contributed by atoms with Crippen LogP contribution in [0.4, 0.5) is 0 Å². The average molecular weight is 202 g/mol. The molecule has 0 fully saturated rings. The first-order chi connectivity index (χ1) is 6.61. The Balaban J connectivity index is 3.90. The summed E-state index contributed by atoms with van der Waals surface area (Å²) in [7, 11) is 0. The number of carbonyl (C=O) groups excluding carboxylic acids is 1. The number of hydrogen-bond donors (Lipinski definition) is 3. The van der Waals surface area contributed by atoms with E-state index in [1.54, 1.807) is 0 Å². The molecule has 0 aromatic carbocycles. The summed E-state index contributed by atoms with van der Waals surface area (Å²) in [4.78, 5) is 21.8. The maximum Gasteiger partial charge on any atom is 0.326 e. The van der Waals surface area contributed by atoms with Gasteiger partial charge in [0.05, 0.1) is 0 Å². The molecule has 5 nitrogen and oxygen atoms in total. The van der Waals surface area contributed by atoms with Gasteiger partial charge in [-0.1, -0.05) is 13.3 Å². The zero-order valence-electron chi connectivity index (χ0n) is 8.45. The molecule has 0 aliphatic heterocycles. The van der Waals surface area contributed by atoms with Gasteiger partial charge < -0.3 is 16.2 Å². The fourth-order valence-corrected chi connectivity index (χ4v) is 1.08. The van der Waals surface area contributed by atoms with Crippen molar-refractivity contribution in [3.63, 3.8) is 0 Å². The van der Waals surface area contributed by atoms with Gasteiger partial charge in [0, 0.05) is 6.42 Å². The van der Waals surface area contributed by atoms with E-state index in [4.69, 9.17) is 10.8 Å². The predicted octanol–water partition coefficient (Wildman–Crippen LogP) is 0.0948. The molecule has 0 spiro atoms. The van der Waals surface area contributed by atoms with E-state index in [0.717, 1.165) is 6.42 Å². The highest BCUT2D eigenvalue weighted by Crippen LogP contribution is 1.98. The first-order valence-corrected chi connectivity index (χ1v) is 4.84. The van der Waals surface area contributed by atoms with E-state index in [-0.39, 0.29) is 5.91 Å². The van der Waals surface area contributed by atoms with Crippen molar-refractivity contribution in [2.24, 2.45) is 5.73 Å². The molecular formula is C9H18N2O3. The van der Waals surface area contributed by atoms with Crippen molar-refractivity contribution in [3.05, 3.63) is 0 Å². The van der Waals surface area contributed by atoms with Gasteiger partial charge in [-0.2, -0.15) is 0 Å². The van der Waals surface area contributed by atoms with Crippen molar-refractivity contribution in [2.45, 2.75) is 38.6 Å². The van der Waals surface area contributed by atoms with Gasteiger partial charge in [0.1, 0.15) is 6.04 Å². The lowest BCUT2D eigenvalue weighted by Crippen LogP contribution is -2.40. The number of carbonyl (C=O) groups is 2. The summed E-state index contributed by atoms with van der Waals surface area (Å²) >= 11 is 0. The van der Waals surface area contributed by atoms with Crippen LogP contribution in [-0.4, -0.2) is 29.6 Å². The Labute approximate surface area is 83.7 Å². The molecule has 0 aliphatic carbocycles. The quantitative estimate of drug-likeness (QED) is 0.545. The lowest BCUT2D eigenvalue weighted by Gasteiger charge is -2.12. The van der Waals surface area contributed by atoms with E-state index >= 15 is 0 Å². The van der Waals surface area contributed by atoms with Gasteiger partial charge in [-0.05, 0) is 19.4 Å². The molecule has 5 heteroatoms.